The summed E-state index contributed by atoms with van der Waals surface area (Å²) >= 11 is 0. The van der Waals surface area contributed by atoms with E-state index in [1.807, 2.05) is 0 Å². The van der Waals surface area contributed by atoms with Crippen LogP contribution in [-0.2, 0) is 6.42 Å². The van der Waals surface area contributed by atoms with E-state index in [2.05, 4.69) is 45.5 Å². The van der Waals surface area contributed by atoms with Gasteiger partial charge in [-0.15, -0.1) is 0 Å². The third-order valence-electron chi connectivity index (χ3n) is 5.75. The van der Waals surface area contributed by atoms with E-state index in [1.165, 1.54) is 30.5 Å². The Kier molecular flexibility index (Phi) is 5.71. The van der Waals surface area contributed by atoms with Gasteiger partial charge in [0.25, 0.3) is 5.91 Å². The first-order valence-corrected chi connectivity index (χ1v) is 10.2. The van der Waals surface area contributed by atoms with Gasteiger partial charge in [-0.3, -0.25) is 4.79 Å². The summed E-state index contributed by atoms with van der Waals surface area (Å²) in [5, 5.41) is 22.8. The van der Waals surface area contributed by atoms with Gasteiger partial charge in [-0.1, -0.05) is 30.3 Å². The number of nitrogens with one attached hydrogen (secondary N) is 2. The van der Waals surface area contributed by atoms with Crippen molar-refractivity contribution >= 4 is 16.8 Å². The summed E-state index contributed by atoms with van der Waals surface area (Å²) < 4.78 is 0. The second-order valence-corrected chi connectivity index (χ2v) is 7.84. The van der Waals surface area contributed by atoms with E-state index >= 15 is 0 Å². The van der Waals surface area contributed by atoms with Gasteiger partial charge in [0.2, 0.25) is 0 Å². The summed E-state index contributed by atoms with van der Waals surface area (Å²) in [6.45, 7) is 3.57. The van der Waals surface area contributed by atoms with Crippen LogP contribution in [0.25, 0.3) is 10.9 Å². The Morgan fingerprint density at radius 3 is 2.55 bits per heavy atom. The molecule has 1 aliphatic rings. The number of phenolic OH excluding ortho intramolecular Hbond substituents is 2. The number of amides is 1. The van der Waals surface area contributed by atoms with Crippen molar-refractivity contribution in [2.75, 3.05) is 26.2 Å². The van der Waals surface area contributed by atoms with Crippen molar-refractivity contribution in [3.63, 3.8) is 0 Å². The number of hydrogen-bond acceptors (Lipinski definition) is 4. The molecule has 0 radical (unpaired) electrons. The van der Waals surface area contributed by atoms with E-state index < -0.39 is 0 Å². The molecule has 1 saturated heterocycles. The molecule has 4 N–H and O–H groups in total. The highest BCUT2D eigenvalue weighted by molar-refractivity contribution is 5.98. The van der Waals surface area contributed by atoms with Gasteiger partial charge in [0.15, 0.2) is 11.5 Å². The fraction of sp³-hybridized carbons (Fsp3) is 0.348. The minimum absolute atomic E-state index is 0.181. The Labute approximate surface area is 170 Å². The third-order valence-corrected chi connectivity index (χ3v) is 5.75. The summed E-state index contributed by atoms with van der Waals surface area (Å²) in [5.74, 6) is 0.155. The summed E-state index contributed by atoms with van der Waals surface area (Å²) in [7, 11) is 0. The zero-order valence-electron chi connectivity index (χ0n) is 16.4. The molecule has 1 aliphatic heterocycles. The molecule has 1 aromatic heterocycles. The molecular formula is C23H27N3O3. The second-order valence-electron chi connectivity index (χ2n) is 7.84. The molecule has 2 heterocycles. The van der Waals surface area contributed by atoms with E-state index in [0.717, 1.165) is 32.0 Å². The van der Waals surface area contributed by atoms with E-state index in [0.29, 0.717) is 23.1 Å². The Bertz CT molecular complexity index is 937. The zero-order chi connectivity index (χ0) is 20.2. The number of benzene rings is 2. The van der Waals surface area contributed by atoms with E-state index in [-0.39, 0.29) is 17.4 Å². The normalized spacial score (nSPS) is 15.6. The number of fused-ring (bicyclic) bond motifs is 1. The van der Waals surface area contributed by atoms with Crippen molar-refractivity contribution < 1.29 is 15.0 Å². The lowest BCUT2D eigenvalue weighted by Gasteiger charge is -2.32. The quantitative estimate of drug-likeness (QED) is 0.484. The van der Waals surface area contributed by atoms with Gasteiger partial charge >= 0.3 is 0 Å². The number of aromatic amines is 1. The minimum atomic E-state index is -0.207. The number of nitrogens with zero attached hydrogens (tertiary/aromatic N) is 1. The van der Waals surface area contributed by atoms with Crippen molar-refractivity contribution in [2.24, 2.45) is 5.92 Å². The molecule has 1 fully saturated rings. The average molecular weight is 393 g/mol. The molecule has 0 spiro atoms. The van der Waals surface area contributed by atoms with Crippen LogP contribution in [0.15, 0.2) is 48.5 Å². The van der Waals surface area contributed by atoms with Crippen LogP contribution in [0.3, 0.4) is 0 Å². The van der Waals surface area contributed by atoms with Crippen LogP contribution in [0.1, 0.15) is 28.9 Å². The lowest BCUT2D eigenvalue weighted by atomic mass is 9.90. The van der Waals surface area contributed by atoms with Gasteiger partial charge in [-0.2, -0.15) is 0 Å². The molecule has 1 amide bonds. The van der Waals surface area contributed by atoms with Crippen LogP contribution in [0.5, 0.6) is 11.5 Å². The number of H-pyrrole nitrogens is 1. The lowest BCUT2D eigenvalue weighted by molar-refractivity contribution is 0.0940. The molecule has 0 saturated carbocycles. The van der Waals surface area contributed by atoms with Crippen molar-refractivity contribution in [1.82, 2.24) is 15.2 Å². The molecule has 2 aromatic carbocycles. The molecule has 0 unspecified atom stereocenters. The predicted octanol–water partition coefficient (Wildman–Crippen LogP) is 3.26. The smallest absolute Gasteiger partial charge is 0.267 e. The van der Waals surface area contributed by atoms with Crippen molar-refractivity contribution in [3.05, 3.63) is 59.8 Å². The van der Waals surface area contributed by atoms with Crippen LogP contribution >= 0.6 is 0 Å². The molecule has 152 valence electrons. The van der Waals surface area contributed by atoms with Gasteiger partial charge in [0, 0.05) is 30.1 Å². The first kappa shape index (κ1) is 19.3. The summed E-state index contributed by atoms with van der Waals surface area (Å²) in [5.41, 5.74) is 2.45. The van der Waals surface area contributed by atoms with Gasteiger partial charge in [-0.05, 0) is 56.0 Å². The lowest BCUT2D eigenvalue weighted by Crippen LogP contribution is -2.40. The Morgan fingerprint density at radius 1 is 1.07 bits per heavy atom. The number of aromatic nitrogens is 1. The Hall–Kier alpha value is -2.99. The number of carbonyl (C=O) groups is 1. The number of hydrogen-bond donors (Lipinski definition) is 4. The van der Waals surface area contributed by atoms with Crippen LogP contribution in [-0.4, -0.2) is 52.2 Å². The molecule has 6 heteroatoms. The number of carbonyl (C=O) groups excluding carboxylic acids is 1. The molecule has 0 bridgehead atoms. The Morgan fingerprint density at radius 2 is 1.79 bits per heavy atom. The van der Waals surface area contributed by atoms with Gasteiger partial charge in [0.1, 0.15) is 5.69 Å². The van der Waals surface area contributed by atoms with E-state index in [9.17, 15) is 15.0 Å². The van der Waals surface area contributed by atoms with E-state index in [4.69, 9.17) is 0 Å². The highest BCUT2D eigenvalue weighted by atomic mass is 16.3. The highest BCUT2D eigenvalue weighted by Crippen LogP contribution is 2.30. The number of piperidine rings is 1. The number of rotatable bonds is 6. The second kappa shape index (κ2) is 8.57. The maximum absolute atomic E-state index is 12.4. The van der Waals surface area contributed by atoms with Gasteiger partial charge in [-0.25, -0.2) is 0 Å². The SMILES string of the molecule is O=C(NCCN1CCC(Cc2ccccc2)CC1)c1cc2cc(O)c(O)cc2[nH]1. The average Bonchev–Trinajstić information content (AvgIpc) is 3.13. The van der Waals surface area contributed by atoms with Crippen LogP contribution in [0.2, 0.25) is 0 Å². The van der Waals surface area contributed by atoms with Crippen molar-refractivity contribution in [2.45, 2.75) is 19.3 Å². The number of aromatic hydroxyl groups is 2. The minimum Gasteiger partial charge on any atom is -0.504 e. The molecule has 6 nitrogen and oxygen atoms in total. The third kappa shape index (κ3) is 4.71. The first-order valence-electron chi connectivity index (χ1n) is 10.2. The zero-order valence-corrected chi connectivity index (χ0v) is 16.4. The van der Waals surface area contributed by atoms with Crippen LogP contribution in [0.4, 0.5) is 0 Å². The molecule has 0 atom stereocenters. The fourth-order valence-corrected chi connectivity index (χ4v) is 4.06. The summed E-state index contributed by atoms with van der Waals surface area (Å²) in [6.07, 6.45) is 3.53. The highest BCUT2D eigenvalue weighted by Gasteiger charge is 2.19. The standard InChI is InChI=1S/C23H27N3O3/c27-21-14-18-13-20(25-19(18)15-22(21)28)23(29)24-8-11-26-9-6-17(7-10-26)12-16-4-2-1-3-5-16/h1-5,13-15,17,25,27-28H,6-12H2,(H,24,29). The number of likely N-dealkylation sites (tertiary alicyclic amines) is 1. The monoisotopic (exact) mass is 393 g/mol. The Balaban J connectivity index is 1.22. The first-order chi connectivity index (χ1) is 14.1. The topological polar surface area (TPSA) is 88.6 Å². The summed E-state index contributed by atoms with van der Waals surface area (Å²) in [4.78, 5) is 17.8. The molecule has 4 rings (SSSR count). The number of phenols is 2. The van der Waals surface area contributed by atoms with Gasteiger partial charge in [0.05, 0.1) is 0 Å². The predicted molar refractivity (Wildman–Crippen MR) is 113 cm³/mol. The maximum Gasteiger partial charge on any atom is 0.267 e. The molecule has 29 heavy (non-hydrogen) atoms. The largest absolute Gasteiger partial charge is 0.504 e. The van der Waals surface area contributed by atoms with E-state index in [1.54, 1.807) is 6.07 Å². The van der Waals surface area contributed by atoms with Crippen LogP contribution in [0, 0.1) is 5.92 Å². The summed E-state index contributed by atoms with van der Waals surface area (Å²) in [6, 6.07) is 15.2. The van der Waals surface area contributed by atoms with Crippen molar-refractivity contribution in [3.8, 4) is 11.5 Å². The molecule has 3 aromatic rings. The molecular weight excluding hydrogens is 366 g/mol. The fourth-order valence-electron chi connectivity index (χ4n) is 4.06. The van der Waals surface area contributed by atoms with Gasteiger partial charge < -0.3 is 25.4 Å². The van der Waals surface area contributed by atoms with Crippen LogP contribution < -0.4 is 5.32 Å². The van der Waals surface area contributed by atoms with Crippen molar-refractivity contribution in [1.29, 1.82) is 0 Å². The maximum atomic E-state index is 12.4. The molecule has 0 aliphatic carbocycles.